The number of rotatable bonds is 14. The molecule has 4 N–H and O–H groups in total. The number of carbonyl (C=O) groups excluding carboxylic acids is 3. The number of carbonyl (C=O) groups is 3. The molecule has 0 bridgehead atoms. The molecule has 0 unspecified atom stereocenters. The van der Waals surface area contributed by atoms with Crippen molar-refractivity contribution in [3.8, 4) is 0 Å². The predicted molar refractivity (Wildman–Crippen MR) is 205 cm³/mol. The highest BCUT2D eigenvalue weighted by atomic mass is 32.2. The first-order valence-corrected chi connectivity index (χ1v) is 20.5. The summed E-state index contributed by atoms with van der Waals surface area (Å²) in [6.07, 6.45) is -0.678. The van der Waals surface area contributed by atoms with E-state index in [2.05, 4.69) is 15.4 Å². The molecule has 4 atom stereocenters. The second-order valence-corrected chi connectivity index (χ2v) is 17.7. The molecule has 0 aliphatic carbocycles. The fourth-order valence-electron chi connectivity index (χ4n) is 6.15. The maximum atomic E-state index is 14.1. The Morgan fingerprint density at radius 2 is 1.63 bits per heavy atom. The molecule has 1 saturated heterocycles. The Bertz CT molecular complexity index is 1970. The molecule has 13 heteroatoms. The van der Waals surface area contributed by atoms with Crippen LogP contribution in [0.5, 0.6) is 0 Å². The van der Waals surface area contributed by atoms with Crippen LogP contribution in [0.15, 0.2) is 102 Å². The molecule has 1 aliphatic heterocycles. The number of nitrogens with one attached hydrogen (secondary N) is 3. The lowest BCUT2D eigenvalue weighted by atomic mass is 9.97. The molecule has 1 aliphatic rings. The number of nitrogens with zero attached hydrogens (tertiary/aromatic N) is 1. The van der Waals surface area contributed by atoms with Crippen LogP contribution in [-0.2, 0) is 37.4 Å². The van der Waals surface area contributed by atoms with Gasteiger partial charge in [0.05, 0.1) is 18.2 Å². The summed E-state index contributed by atoms with van der Waals surface area (Å²) < 4.78 is 26.6. The predicted octanol–water partition coefficient (Wildman–Crippen LogP) is 4.24. The van der Waals surface area contributed by atoms with Crippen LogP contribution in [0.2, 0.25) is 0 Å². The molecular formula is C38H44N4O6S3. The van der Waals surface area contributed by atoms with Crippen LogP contribution < -0.4 is 15.4 Å². The van der Waals surface area contributed by atoms with E-state index < -0.39 is 50.8 Å². The fraction of sp³-hybridized carbons (Fsp3) is 0.342. The molecular weight excluding hydrogens is 705 g/mol. The van der Waals surface area contributed by atoms with Crippen molar-refractivity contribution in [1.29, 1.82) is 0 Å². The maximum Gasteiger partial charge on any atom is 0.254 e. The van der Waals surface area contributed by atoms with Gasteiger partial charge in [0.15, 0.2) is 6.10 Å². The molecule has 4 aromatic carbocycles. The Kier molecular flexibility index (Phi) is 12.5. The summed E-state index contributed by atoms with van der Waals surface area (Å²) in [5.74, 6) is -1.53. The molecule has 0 spiro atoms. The third kappa shape index (κ3) is 9.92. The maximum absolute atomic E-state index is 14.1. The molecule has 1 fully saturated rings. The van der Waals surface area contributed by atoms with E-state index in [1.54, 1.807) is 0 Å². The van der Waals surface area contributed by atoms with Gasteiger partial charge in [0, 0.05) is 21.9 Å². The normalized spacial score (nSPS) is 17.4. The first-order chi connectivity index (χ1) is 24.2. The number of aliphatic hydroxyl groups excluding tert-OH is 1. The van der Waals surface area contributed by atoms with Crippen LogP contribution in [0.3, 0.4) is 0 Å². The highest BCUT2D eigenvalue weighted by Crippen LogP contribution is 2.40. The lowest BCUT2D eigenvalue weighted by molar-refractivity contribution is -0.147. The summed E-state index contributed by atoms with van der Waals surface area (Å²) in [5, 5.41) is 19.5. The molecule has 5 rings (SSSR count). The van der Waals surface area contributed by atoms with Crippen molar-refractivity contribution >= 4 is 62.0 Å². The van der Waals surface area contributed by atoms with Crippen molar-refractivity contribution in [1.82, 2.24) is 20.3 Å². The number of aliphatic hydroxyl groups is 1. The summed E-state index contributed by atoms with van der Waals surface area (Å²) in [6.45, 7) is 6.01. The smallest absolute Gasteiger partial charge is 0.254 e. The monoisotopic (exact) mass is 748 g/mol. The molecule has 10 nitrogen and oxygen atoms in total. The van der Waals surface area contributed by atoms with Gasteiger partial charge in [-0.15, -0.1) is 23.5 Å². The van der Waals surface area contributed by atoms with Gasteiger partial charge in [-0.2, -0.15) is 0 Å². The Balaban J connectivity index is 1.37. The minimum atomic E-state index is -3.83. The van der Waals surface area contributed by atoms with Crippen LogP contribution in [0.25, 0.3) is 10.8 Å². The zero-order chi connectivity index (χ0) is 36.8. The van der Waals surface area contributed by atoms with Crippen LogP contribution >= 0.6 is 23.5 Å². The standard InChI is InChI=1S/C38H44N4O6S3/c1-25-13-8-9-17-28(25)22-39-36(45)34-38(2,3)50-24-42(34)37(46)33(43)30(21-26-14-6-5-7-15-26)40-35(44)31(41-51(4,47)48)23-49-32-20-12-18-27-16-10-11-19-29(27)32/h5-20,30-31,33-34,41,43H,21-24H2,1-4H3,(H,39,45)(H,40,44)/t30-,31+,33-,34+/m0/s1. The first-order valence-electron chi connectivity index (χ1n) is 16.6. The summed E-state index contributed by atoms with van der Waals surface area (Å²) in [7, 11) is -3.83. The number of benzene rings is 4. The van der Waals surface area contributed by atoms with Gasteiger partial charge in [-0.25, -0.2) is 13.1 Å². The van der Waals surface area contributed by atoms with Gasteiger partial charge < -0.3 is 20.6 Å². The van der Waals surface area contributed by atoms with E-state index in [-0.39, 0.29) is 30.5 Å². The summed E-state index contributed by atoms with van der Waals surface area (Å²) >= 11 is 2.75. The van der Waals surface area contributed by atoms with Crippen LogP contribution in [0.4, 0.5) is 0 Å². The van der Waals surface area contributed by atoms with Gasteiger partial charge >= 0.3 is 0 Å². The van der Waals surface area contributed by atoms with Crippen LogP contribution in [-0.4, -0.2) is 83.0 Å². The zero-order valence-corrected chi connectivity index (χ0v) is 31.5. The lowest BCUT2D eigenvalue weighted by Gasteiger charge is -2.33. The van der Waals surface area contributed by atoms with Crippen LogP contribution in [0, 0.1) is 6.92 Å². The van der Waals surface area contributed by atoms with Gasteiger partial charge in [0.1, 0.15) is 12.1 Å². The van der Waals surface area contributed by atoms with Gasteiger partial charge in [0.2, 0.25) is 21.8 Å². The fourth-order valence-corrected chi connectivity index (χ4v) is 9.20. The molecule has 1 heterocycles. The van der Waals surface area contributed by atoms with Gasteiger partial charge in [-0.1, -0.05) is 91.0 Å². The van der Waals surface area contributed by atoms with Crippen molar-refractivity contribution in [2.75, 3.05) is 17.9 Å². The second-order valence-electron chi connectivity index (χ2n) is 13.2. The summed E-state index contributed by atoms with van der Waals surface area (Å²) in [5.41, 5.74) is 2.73. The van der Waals surface area contributed by atoms with Gasteiger partial charge in [-0.3, -0.25) is 14.4 Å². The molecule has 3 amide bonds. The third-order valence-corrected chi connectivity index (χ3v) is 12.1. The van der Waals surface area contributed by atoms with E-state index in [1.165, 1.54) is 28.4 Å². The van der Waals surface area contributed by atoms with Crippen molar-refractivity contribution in [2.24, 2.45) is 0 Å². The topological polar surface area (TPSA) is 145 Å². The number of thioether (sulfide) groups is 2. The van der Waals surface area contributed by atoms with Crippen molar-refractivity contribution in [3.05, 3.63) is 114 Å². The summed E-state index contributed by atoms with van der Waals surface area (Å²) in [4.78, 5) is 44.0. The van der Waals surface area contributed by atoms with Gasteiger partial charge in [0.25, 0.3) is 5.91 Å². The highest BCUT2D eigenvalue weighted by molar-refractivity contribution is 8.01. The molecule has 4 aromatic rings. The minimum Gasteiger partial charge on any atom is -0.381 e. The van der Waals surface area contributed by atoms with Crippen LogP contribution in [0.1, 0.15) is 30.5 Å². The Hall–Kier alpha value is -3.88. The van der Waals surface area contributed by atoms with Crippen molar-refractivity contribution in [3.63, 3.8) is 0 Å². The largest absolute Gasteiger partial charge is 0.381 e. The average Bonchev–Trinajstić information content (AvgIpc) is 3.43. The molecule has 270 valence electrons. The van der Waals surface area contributed by atoms with Crippen molar-refractivity contribution < 1.29 is 27.9 Å². The molecule has 51 heavy (non-hydrogen) atoms. The highest BCUT2D eigenvalue weighted by Gasteiger charge is 2.50. The average molecular weight is 749 g/mol. The molecule has 0 saturated carbocycles. The quantitative estimate of drug-likeness (QED) is 0.140. The number of sulfonamides is 1. The van der Waals surface area contributed by atoms with E-state index in [0.29, 0.717) is 0 Å². The third-order valence-electron chi connectivity index (χ3n) is 8.88. The number of hydrogen-bond acceptors (Lipinski definition) is 8. The summed E-state index contributed by atoms with van der Waals surface area (Å²) in [6, 6.07) is 27.1. The Labute approximate surface area is 308 Å². The van der Waals surface area contributed by atoms with E-state index in [0.717, 1.165) is 38.6 Å². The van der Waals surface area contributed by atoms with Gasteiger partial charge in [-0.05, 0) is 60.7 Å². The number of aryl methyl sites for hydroxylation is 1. The van der Waals surface area contributed by atoms with Crippen molar-refractivity contribution in [2.45, 2.75) is 67.6 Å². The Morgan fingerprint density at radius 1 is 0.961 bits per heavy atom. The van der Waals surface area contributed by atoms with E-state index in [4.69, 9.17) is 0 Å². The number of amides is 3. The first kappa shape index (κ1) is 38.4. The zero-order valence-electron chi connectivity index (χ0n) is 29.0. The molecule has 0 aromatic heterocycles. The second kappa shape index (κ2) is 16.6. The Morgan fingerprint density at radius 3 is 2.35 bits per heavy atom. The van der Waals surface area contributed by atoms with E-state index >= 15 is 0 Å². The lowest BCUT2D eigenvalue weighted by Crippen LogP contribution is -2.60. The number of hydrogen-bond donors (Lipinski definition) is 4. The van der Waals surface area contributed by atoms with E-state index in [9.17, 15) is 27.9 Å². The minimum absolute atomic E-state index is 0.0507. The molecule has 0 radical (unpaired) electrons. The SMILES string of the molecule is Cc1ccccc1CNC(=O)[C@H]1N(C(=O)[C@@H](O)[C@H](Cc2ccccc2)NC(=O)[C@@H](CSc2cccc3ccccc23)NS(C)(=O)=O)CSC1(C)C. The number of fused-ring (bicyclic) bond motifs is 1. The van der Waals surface area contributed by atoms with E-state index in [1.807, 2.05) is 118 Å².